The summed E-state index contributed by atoms with van der Waals surface area (Å²) in [4.78, 5) is 47.6. The number of esters is 2. The summed E-state index contributed by atoms with van der Waals surface area (Å²) >= 11 is 0. The smallest absolute Gasteiger partial charge is 0.466 e. The molecule has 1 unspecified atom stereocenters. The van der Waals surface area contributed by atoms with Crippen molar-refractivity contribution in [1.82, 2.24) is 0 Å². The Morgan fingerprint density at radius 2 is 1.22 bits per heavy atom. The van der Waals surface area contributed by atoms with E-state index in [-0.39, 0.29) is 31.8 Å². The van der Waals surface area contributed by atoms with Crippen LogP contribution in [0.15, 0.2) is 28.7 Å². The number of nitrogens with zero attached hydrogens (tertiary/aromatic N) is 1. The maximum atomic E-state index is 12.8. The van der Waals surface area contributed by atoms with Gasteiger partial charge in [0.25, 0.3) is 0 Å². The summed E-state index contributed by atoms with van der Waals surface area (Å²) in [6, 6.07) is 0. The van der Waals surface area contributed by atoms with E-state index in [1.54, 1.807) is 6.08 Å². The topological polar surface area (TPSA) is 139 Å². The molecular formula is C46H81NO10P+. The average Bonchev–Trinajstić information content (AvgIpc) is 3.43. The molecule has 0 saturated carbocycles. The molecule has 58 heavy (non-hydrogen) atoms. The van der Waals surface area contributed by atoms with Crippen LogP contribution < -0.4 is 0 Å². The van der Waals surface area contributed by atoms with Gasteiger partial charge in [-0.15, -0.1) is 0 Å². The molecule has 0 radical (unpaired) electrons. The van der Waals surface area contributed by atoms with Crippen molar-refractivity contribution in [2.75, 3.05) is 47.5 Å². The summed E-state index contributed by atoms with van der Waals surface area (Å²) in [6.45, 7) is 8.47. The Hall–Kier alpha value is -2.56. The summed E-state index contributed by atoms with van der Waals surface area (Å²) in [6.07, 6.45) is 27.3. The van der Waals surface area contributed by atoms with Crippen LogP contribution in [0.5, 0.6) is 0 Å². The number of unbranched alkanes of at least 4 members (excludes halogenated alkanes) is 14. The fourth-order valence-electron chi connectivity index (χ4n) is 6.29. The number of rotatable bonds is 37. The van der Waals surface area contributed by atoms with Crippen molar-refractivity contribution in [3.8, 4) is 0 Å². The highest BCUT2D eigenvalue weighted by Gasteiger charge is 2.27. The fourth-order valence-corrected chi connectivity index (χ4v) is 7.03. The van der Waals surface area contributed by atoms with Crippen molar-refractivity contribution in [2.24, 2.45) is 0 Å². The van der Waals surface area contributed by atoms with Crippen molar-refractivity contribution in [3.63, 3.8) is 0 Å². The van der Waals surface area contributed by atoms with E-state index < -0.39 is 32.5 Å². The normalized spacial score (nSPS) is 13.7. The minimum atomic E-state index is -4.42. The molecule has 1 heterocycles. The third-order valence-electron chi connectivity index (χ3n) is 10.2. The summed E-state index contributed by atoms with van der Waals surface area (Å²) < 4.78 is 40.5. The highest BCUT2D eigenvalue weighted by atomic mass is 31.2. The largest absolute Gasteiger partial charge is 0.472 e. The Balaban J connectivity index is 2.42. The third-order valence-corrected chi connectivity index (χ3v) is 11.1. The predicted molar refractivity (Wildman–Crippen MR) is 233 cm³/mol. The number of quaternary nitrogens is 1. The SMILES string of the molecule is CCCCC/C=C\C=C\C(=O)CCCCCCCC(=O)OC[C@H](COP(=O)(O)OCC[N+](C)(C)C)OC(=O)CCCCCCCCc1oc(CCCCC)c(C)c1C. The van der Waals surface area contributed by atoms with Crippen molar-refractivity contribution in [1.29, 1.82) is 0 Å². The van der Waals surface area contributed by atoms with Gasteiger partial charge in [0.15, 0.2) is 11.9 Å². The van der Waals surface area contributed by atoms with Crippen LogP contribution in [0.1, 0.15) is 171 Å². The Morgan fingerprint density at radius 1 is 0.690 bits per heavy atom. The second kappa shape index (κ2) is 32.2. The third kappa shape index (κ3) is 28.8. The van der Waals surface area contributed by atoms with Gasteiger partial charge in [0, 0.05) is 32.1 Å². The highest BCUT2D eigenvalue weighted by molar-refractivity contribution is 7.47. The minimum Gasteiger partial charge on any atom is -0.466 e. The number of carbonyl (C=O) groups excluding carboxylic acids is 3. The van der Waals surface area contributed by atoms with E-state index in [4.69, 9.17) is 22.9 Å². The van der Waals surface area contributed by atoms with Crippen LogP contribution in [0.4, 0.5) is 0 Å². The molecule has 0 fully saturated rings. The van der Waals surface area contributed by atoms with Gasteiger partial charge in [-0.05, 0) is 76.0 Å². The lowest BCUT2D eigenvalue weighted by Crippen LogP contribution is -2.37. The second-order valence-electron chi connectivity index (χ2n) is 16.7. The van der Waals surface area contributed by atoms with Gasteiger partial charge in [-0.2, -0.15) is 0 Å². The number of ketones is 1. The molecule has 0 aliphatic rings. The number of hydrogen-bond acceptors (Lipinski definition) is 9. The number of furan rings is 1. The first-order valence-electron chi connectivity index (χ1n) is 22.4. The second-order valence-corrected chi connectivity index (χ2v) is 18.2. The number of carbonyl (C=O) groups is 3. The molecule has 12 heteroatoms. The summed E-state index contributed by atoms with van der Waals surface area (Å²) in [5.41, 5.74) is 2.59. The molecule has 0 bridgehead atoms. The summed E-state index contributed by atoms with van der Waals surface area (Å²) in [5, 5.41) is 0. The first kappa shape index (κ1) is 53.5. The van der Waals surface area contributed by atoms with Crippen LogP contribution in [0, 0.1) is 13.8 Å². The standard InChI is InChI=1S/C46H80NO10P/c1-8-10-12-13-14-18-24-29-41(48)30-25-19-17-22-27-33-45(49)53-37-42(38-55-58(51,52)54-36-35-47(5,6)7)56-46(50)34-28-21-16-15-20-26-32-44-40(4)39(3)43(57-44)31-23-11-9-2/h14,18,24,29,42H,8-13,15-17,19-23,25-28,30-38H2,1-7H3/p+1/b18-14-,29-24+/t42-/m1/s1. The van der Waals surface area contributed by atoms with E-state index in [0.29, 0.717) is 30.3 Å². The summed E-state index contributed by atoms with van der Waals surface area (Å²) in [5.74, 6) is 1.46. The molecule has 1 aromatic rings. The molecule has 0 aliphatic carbocycles. The Labute approximate surface area is 351 Å². The molecule has 0 aliphatic heterocycles. The van der Waals surface area contributed by atoms with Crippen LogP contribution in [-0.4, -0.2) is 80.7 Å². The monoisotopic (exact) mass is 839 g/mol. The van der Waals surface area contributed by atoms with Crippen LogP contribution >= 0.6 is 7.82 Å². The fraction of sp³-hybridized carbons (Fsp3) is 0.761. The van der Waals surface area contributed by atoms with Gasteiger partial charge in [-0.3, -0.25) is 23.4 Å². The van der Waals surface area contributed by atoms with Gasteiger partial charge < -0.3 is 23.3 Å². The van der Waals surface area contributed by atoms with Gasteiger partial charge >= 0.3 is 19.8 Å². The predicted octanol–water partition coefficient (Wildman–Crippen LogP) is 11.2. The number of phosphoric ester groups is 1. The number of allylic oxidation sites excluding steroid dienone is 4. The van der Waals surface area contributed by atoms with Gasteiger partial charge in [-0.1, -0.05) is 103 Å². The molecule has 1 aromatic heterocycles. The number of aryl methyl sites for hydroxylation is 2. The Morgan fingerprint density at radius 3 is 1.83 bits per heavy atom. The lowest BCUT2D eigenvalue weighted by atomic mass is 10.0. The van der Waals surface area contributed by atoms with Crippen LogP contribution in [0.2, 0.25) is 0 Å². The van der Waals surface area contributed by atoms with E-state index in [0.717, 1.165) is 88.6 Å². The molecule has 334 valence electrons. The number of hydrogen-bond donors (Lipinski definition) is 1. The first-order valence-corrected chi connectivity index (χ1v) is 23.9. The zero-order valence-corrected chi connectivity index (χ0v) is 38.4. The average molecular weight is 839 g/mol. The molecule has 0 saturated heterocycles. The molecule has 0 amide bonds. The van der Waals surface area contributed by atoms with Gasteiger partial charge in [0.05, 0.1) is 27.7 Å². The maximum Gasteiger partial charge on any atom is 0.472 e. The van der Waals surface area contributed by atoms with Crippen LogP contribution in [0.25, 0.3) is 0 Å². The Bertz CT molecular complexity index is 1380. The summed E-state index contributed by atoms with van der Waals surface area (Å²) in [7, 11) is 1.38. The van der Waals surface area contributed by atoms with Crippen molar-refractivity contribution >= 4 is 25.5 Å². The van der Waals surface area contributed by atoms with Gasteiger partial charge in [-0.25, -0.2) is 4.57 Å². The molecule has 0 spiro atoms. The molecular weight excluding hydrogens is 757 g/mol. The van der Waals surface area contributed by atoms with E-state index >= 15 is 0 Å². The highest BCUT2D eigenvalue weighted by Crippen LogP contribution is 2.43. The van der Waals surface area contributed by atoms with E-state index in [1.165, 1.54) is 49.7 Å². The zero-order chi connectivity index (χ0) is 43.1. The van der Waals surface area contributed by atoms with Crippen molar-refractivity contribution in [3.05, 3.63) is 47.0 Å². The van der Waals surface area contributed by atoms with Gasteiger partial charge in [0.1, 0.15) is 31.3 Å². The minimum absolute atomic E-state index is 0.00312. The van der Waals surface area contributed by atoms with Gasteiger partial charge in [0.2, 0.25) is 0 Å². The first-order chi connectivity index (χ1) is 27.7. The molecule has 11 nitrogen and oxygen atoms in total. The van der Waals surface area contributed by atoms with Crippen molar-refractivity contribution < 1.29 is 51.3 Å². The molecule has 1 N–H and O–H groups in total. The number of phosphoric acid groups is 1. The van der Waals surface area contributed by atoms with Crippen molar-refractivity contribution in [2.45, 2.75) is 181 Å². The lowest BCUT2D eigenvalue weighted by Gasteiger charge is -2.24. The maximum absolute atomic E-state index is 12.8. The van der Waals surface area contributed by atoms with E-state index in [9.17, 15) is 23.8 Å². The molecule has 0 aromatic carbocycles. The number of ether oxygens (including phenoxy) is 2. The Kier molecular flexibility index (Phi) is 29.7. The van der Waals surface area contributed by atoms with Crippen LogP contribution in [0.3, 0.4) is 0 Å². The number of likely N-dealkylation sites (N-methyl/N-ethyl adjacent to an activating group) is 1. The molecule has 2 atom stereocenters. The zero-order valence-electron chi connectivity index (χ0n) is 37.5. The molecule has 1 rings (SSSR count). The van der Waals surface area contributed by atoms with Crippen LogP contribution in [-0.2, 0) is 50.3 Å². The van der Waals surface area contributed by atoms with E-state index in [2.05, 4.69) is 33.8 Å². The quantitative estimate of drug-likeness (QED) is 0.0172. The van der Waals surface area contributed by atoms with E-state index in [1.807, 2.05) is 33.3 Å². The lowest BCUT2D eigenvalue weighted by molar-refractivity contribution is -0.870.